The Kier molecular flexibility index (Phi) is 4.13. The van der Waals surface area contributed by atoms with Gasteiger partial charge in [0.15, 0.2) is 0 Å². The molecule has 0 bridgehead atoms. The Hall–Kier alpha value is -2.47. The minimum atomic E-state index is -0.0787. The lowest BCUT2D eigenvalue weighted by Gasteiger charge is -2.28. The molecule has 1 aliphatic heterocycles. The molecule has 0 radical (unpaired) electrons. The Bertz CT molecular complexity index is 1010. The minimum Gasteiger partial charge on any atom is -0.349 e. The van der Waals surface area contributed by atoms with Gasteiger partial charge in [0, 0.05) is 54.4 Å². The lowest BCUT2D eigenvalue weighted by molar-refractivity contribution is -0.129. The van der Waals surface area contributed by atoms with E-state index in [4.69, 9.17) is 0 Å². The number of benzene rings is 1. The molecule has 1 aliphatic rings. The molecule has 25 heavy (non-hydrogen) atoms. The maximum absolute atomic E-state index is 12.6. The molecule has 0 saturated heterocycles. The number of H-pyrrole nitrogens is 1. The quantitative estimate of drug-likeness (QED) is 0.736. The fraction of sp³-hybridized carbons (Fsp3) is 0.263. The van der Waals surface area contributed by atoms with Gasteiger partial charge in [-0.15, -0.1) is 11.8 Å². The highest BCUT2D eigenvalue weighted by Crippen LogP contribution is 2.30. The van der Waals surface area contributed by atoms with E-state index >= 15 is 0 Å². The number of hydrogen-bond donors (Lipinski definition) is 1. The number of thioether (sulfide) groups is 1. The summed E-state index contributed by atoms with van der Waals surface area (Å²) >= 11 is 1.59. The first-order valence-electron chi connectivity index (χ1n) is 8.27. The highest BCUT2D eigenvalue weighted by molar-refractivity contribution is 8.00. The molecule has 0 saturated carbocycles. The second kappa shape index (κ2) is 6.44. The van der Waals surface area contributed by atoms with Crippen molar-refractivity contribution < 1.29 is 4.79 Å². The van der Waals surface area contributed by atoms with Crippen molar-refractivity contribution in [3.8, 4) is 0 Å². The summed E-state index contributed by atoms with van der Waals surface area (Å²) in [6.07, 6.45) is 4.55. The summed E-state index contributed by atoms with van der Waals surface area (Å²) in [5.74, 6) is 0.557. The number of nitrogens with one attached hydrogen (secondary N) is 1. The number of hydrogen-bond acceptors (Lipinski definition) is 3. The van der Waals surface area contributed by atoms with Gasteiger partial charge >= 0.3 is 0 Å². The molecule has 3 heterocycles. The average Bonchev–Trinajstić information content (AvgIpc) is 2.95. The predicted molar refractivity (Wildman–Crippen MR) is 99.8 cm³/mol. The molecule has 1 N–H and O–H groups in total. The zero-order valence-electron chi connectivity index (χ0n) is 14.0. The lowest BCUT2D eigenvalue weighted by atomic mass is 10.0. The summed E-state index contributed by atoms with van der Waals surface area (Å²) in [6.45, 7) is 1.24. The van der Waals surface area contributed by atoms with Crippen molar-refractivity contribution >= 4 is 28.6 Å². The van der Waals surface area contributed by atoms with Crippen molar-refractivity contribution in [3.05, 3.63) is 64.2 Å². The number of carbonyl (C=O) groups excluding carboxylic acids is 1. The fourth-order valence-corrected chi connectivity index (χ4v) is 4.35. The molecule has 0 fully saturated rings. The van der Waals surface area contributed by atoms with Crippen LogP contribution in [0.4, 0.5) is 0 Å². The second-order valence-corrected chi connectivity index (χ2v) is 7.34. The Morgan fingerprint density at radius 2 is 2.12 bits per heavy atom. The summed E-state index contributed by atoms with van der Waals surface area (Å²) in [4.78, 5) is 29.7. The zero-order valence-corrected chi connectivity index (χ0v) is 14.8. The molecule has 2 aromatic heterocycles. The smallest absolute Gasteiger partial charge is 0.248 e. The summed E-state index contributed by atoms with van der Waals surface area (Å²) in [5.41, 5.74) is 3.18. The number of aromatic nitrogens is 2. The van der Waals surface area contributed by atoms with E-state index in [9.17, 15) is 9.59 Å². The van der Waals surface area contributed by atoms with Gasteiger partial charge in [0.25, 0.3) is 0 Å². The van der Waals surface area contributed by atoms with E-state index in [0.717, 1.165) is 22.4 Å². The van der Waals surface area contributed by atoms with Crippen molar-refractivity contribution in [2.45, 2.75) is 17.9 Å². The molecule has 6 heteroatoms. The van der Waals surface area contributed by atoms with Crippen molar-refractivity contribution in [1.82, 2.24) is 14.5 Å². The molecule has 0 aliphatic carbocycles. The van der Waals surface area contributed by atoms with E-state index in [1.165, 1.54) is 10.9 Å². The maximum Gasteiger partial charge on any atom is 0.248 e. The summed E-state index contributed by atoms with van der Waals surface area (Å²) in [7, 11) is 2.02. The van der Waals surface area contributed by atoms with Gasteiger partial charge in [-0.3, -0.25) is 9.59 Å². The van der Waals surface area contributed by atoms with Crippen LogP contribution in [-0.4, -0.2) is 32.7 Å². The standard InChI is InChI=1S/C19H19N3O2S/c1-21-11-17(15-4-2-3-5-16(15)21)25-12-19(24)22-7-6-13-8-18(23)20-9-14(13)10-22/h2-5,8-9,11H,6-7,10,12H2,1H3,(H,20,23). The zero-order chi connectivity index (χ0) is 17.4. The van der Waals surface area contributed by atoms with Crippen LogP contribution in [0.3, 0.4) is 0 Å². The van der Waals surface area contributed by atoms with E-state index in [1.54, 1.807) is 24.0 Å². The molecule has 0 unspecified atom stereocenters. The number of aryl methyl sites for hydroxylation is 1. The summed E-state index contributed by atoms with van der Waals surface area (Å²) in [6, 6.07) is 9.87. The van der Waals surface area contributed by atoms with Gasteiger partial charge in [-0.05, 0) is 23.6 Å². The van der Waals surface area contributed by atoms with Crippen LogP contribution < -0.4 is 5.56 Å². The molecule has 4 rings (SSSR count). The molecule has 3 aromatic rings. The first-order valence-corrected chi connectivity index (χ1v) is 9.25. The average molecular weight is 353 g/mol. The monoisotopic (exact) mass is 353 g/mol. The van der Waals surface area contributed by atoms with Crippen LogP contribution in [0.1, 0.15) is 11.1 Å². The van der Waals surface area contributed by atoms with Crippen LogP contribution in [0.2, 0.25) is 0 Å². The number of pyridine rings is 1. The van der Waals surface area contributed by atoms with Gasteiger partial charge in [-0.25, -0.2) is 0 Å². The molecule has 0 atom stereocenters. The Labute approximate surface area is 149 Å². The summed E-state index contributed by atoms with van der Waals surface area (Å²) in [5, 5.41) is 1.18. The number of para-hydroxylation sites is 1. The molecule has 5 nitrogen and oxygen atoms in total. The molecular formula is C19H19N3O2S. The van der Waals surface area contributed by atoms with E-state index in [1.807, 2.05) is 24.1 Å². The van der Waals surface area contributed by atoms with Gasteiger partial charge in [-0.1, -0.05) is 18.2 Å². The van der Waals surface area contributed by atoms with Crippen molar-refractivity contribution in [3.63, 3.8) is 0 Å². The van der Waals surface area contributed by atoms with E-state index in [0.29, 0.717) is 18.8 Å². The largest absolute Gasteiger partial charge is 0.349 e. The third-order valence-corrected chi connectivity index (χ3v) is 5.71. The number of nitrogens with zero attached hydrogens (tertiary/aromatic N) is 2. The van der Waals surface area contributed by atoms with Gasteiger partial charge < -0.3 is 14.5 Å². The molecule has 1 aromatic carbocycles. The number of aromatic amines is 1. The number of amides is 1. The summed E-state index contributed by atoms with van der Waals surface area (Å²) < 4.78 is 2.09. The van der Waals surface area contributed by atoms with Crippen LogP contribution in [-0.2, 0) is 24.8 Å². The molecule has 1 amide bonds. The highest BCUT2D eigenvalue weighted by Gasteiger charge is 2.21. The maximum atomic E-state index is 12.6. The third-order valence-electron chi connectivity index (χ3n) is 4.68. The van der Waals surface area contributed by atoms with Crippen molar-refractivity contribution in [1.29, 1.82) is 0 Å². The number of fused-ring (bicyclic) bond motifs is 2. The minimum absolute atomic E-state index is 0.0787. The normalized spacial score (nSPS) is 13.9. The van der Waals surface area contributed by atoms with Crippen LogP contribution >= 0.6 is 11.8 Å². The van der Waals surface area contributed by atoms with Crippen LogP contribution in [0, 0.1) is 0 Å². The van der Waals surface area contributed by atoms with Crippen molar-refractivity contribution in [2.75, 3.05) is 12.3 Å². The van der Waals surface area contributed by atoms with Gasteiger partial charge in [-0.2, -0.15) is 0 Å². The van der Waals surface area contributed by atoms with Crippen LogP contribution in [0.15, 0.2) is 52.4 Å². The number of carbonyl (C=O) groups is 1. The topological polar surface area (TPSA) is 58.1 Å². The van der Waals surface area contributed by atoms with Gasteiger partial charge in [0.1, 0.15) is 0 Å². The molecule has 0 spiro atoms. The van der Waals surface area contributed by atoms with E-state index in [-0.39, 0.29) is 11.5 Å². The van der Waals surface area contributed by atoms with Gasteiger partial charge in [0.05, 0.1) is 5.75 Å². The van der Waals surface area contributed by atoms with Gasteiger partial charge in [0.2, 0.25) is 11.5 Å². The lowest BCUT2D eigenvalue weighted by Crippen LogP contribution is -2.37. The first-order chi connectivity index (χ1) is 12.1. The first kappa shape index (κ1) is 16.0. The Balaban J connectivity index is 1.46. The Morgan fingerprint density at radius 1 is 1.28 bits per heavy atom. The van der Waals surface area contributed by atoms with E-state index in [2.05, 4.69) is 27.9 Å². The van der Waals surface area contributed by atoms with Crippen LogP contribution in [0.5, 0.6) is 0 Å². The number of rotatable bonds is 3. The molecule has 128 valence electrons. The molecular weight excluding hydrogens is 334 g/mol. The second-order valence-electron chi connectivity index (χ2n) is 6.32. The van der Waals surface area contributed by atoms with Crippen molar-refractivity contribution in [2.24, 2.45) is 7.05 Å². The van der Waals surface area contributed by atoms with Crippen LogP contribution in [0.25, 0.3) is 10.9 Å². The predicted octanol–water partition coefficient (Wildman–Crippen LogP) is 2.54. The third kappa shape index (κ3) is 3.09. The highest BCUT2D eigenvalue weighted by atomic mass is 32.2. The van der Waals surface area contributed by atoms with E-state index < -0.39 is 0 Å². The fourth-order valence-electron chi connectivity index (χ4n) is 3.33. The Morgan fingerprint density at radius 3 is 3.00 bits per heavy atom. The SMILES string of the molecule is Cn1cc(SCC(=O)N2CCc3cc(=O)[nH]cc3C2)c2ccccc21.